The van der Waals surface area contributed by atoms with E-state index in [-0.39, 0.29) is 17.5 Å². The summed E-state index contributed by atoms with van der Waals surface area (Å²) in [7, 11) is 0. The molecule has 0 amide bonds. The Morgan fingerprint density at radius 1 is 1.16 bits per heavy atom. The van der Waals surface area contributed by atoms with Crippen LogP contribution in [-0.4, -0.2) is 10.2 Å². The molecule has 3 nitrogen and oxygen atoms in total. The molecule has 0 spiro atoms. The summed E-state index contributed by atoms with van der Waals surface area (Å²) in [6.07, 6.45) is 0. The Morgan fingerprint density at radius 2 is 1.89 bits per heavy atom. The maximum absolute atomic E-state index is 9.71. The normalized spacial score (nSPS) is 12.3. The summed E-state index contributed by atoms with van der Waals surface area (Å²) in [6.45, 7) is 2.49. The fourth-order valence-corrected chi connectivity index (χ4v) is 2.08. The highest BCUT2D eigenvalue weighted by atomic mass is 35.5. The van der Waals surface area contributed by atoms with Gasteiger partial charge in [0.05, 0.1) is 0 Å². The molecular formula is C15H16ClNO2. The van der Waals surface area contributed by atoms with Crippen LogP contribution in [0, 0.1) is 0 Å². The summed E-state index contributed by atoms with van der Waals surface area (Å²) in [5.41, 5.74) is 1.74. The highest BCUT2D eigenvalue weighted by Gasteiger charge is 2.09. The number of aromatic hydroxyl groups is 2. The predicted octanol–water partition coefficient (Wildman–Crippen LogP) is 3.60. The van der Waals surface area contributed by atoms with Crippen molar-refractivity contribution in [2.24, 2.45) is 0 Å². The number of benzene rings is 2. The van der Waals surface area contributed by atoms with Crippen molar-refractivity contribution in [3.8, 4) is 11.5 Å². The third-order valence-electron chi connectivity index (χ3n) is 3.05. The van der Waals surface area contributed by atoms with Crippen LogP contribution in [0.5, 0.6) is 11.5 Å². The van der Waals surface area contributed by atoms with Gasteiger partial charge in [-0.05, 0) is 30.7 Å². The van der Waals surface area contributed by atoms with Gasteiger partial charge in [0, 0.05) is 23.2 Å². The fraction of sp³-hybridized carbons (Fsp3) is 0.200. The Balaban J connectivity index is 2.04. The molecule has 0 saturated heterocycles. The lowest BCUT2D eigenvalue weighted by Crippen LogP contribution is -2.18. The number of para-hydroxylation sites is 1. The quantitative estimate of drug-likeness (QED) is 0.749. The van der Waals surface area contributed by atoms with Crippen molar-refractivity contribution < 1.29 is 10.2 Å². The molecule has 0 aromatic heterocycles. The second-order valence-electron chi connectivity index (χ2n) is 4.44. The van der Waals surface area contributed by atoms with Crippen molar-refractivity contribution in [3.05, 3.63) is 58.6 Å². The first-order chi connectivity index (χ1) is 9.08. The SMILES string of the molecule is CC(NCc1cccc(O)c1O)c1cccc(Cl)c1. The standard InChI is InChI=1S/C15H16ClNO2/c1-10(11-4-2-6-13(16)8-11)17-9-12-5-3-7-14(18)15(12)19/h2-8,10,17-19H,9H2,1H3. The summed E-state index contributed by atoms with van der Waals surface area (Å²) in [6, 6.07) is 12.7. The van der Waals surface area contributed by atoms with Crippen LogP contribution in [0.25, 0.3) is 0 Å². The van der Waals surface area contributed by atoms with Gasteiger partial charge in [0.25, 0.3) is 0 Å². The Bertz CT molecular complexity index is 572. The molecule has 0 heterocycles. The molecule has 2 aromatic rings. The van der Waals surface area contributed by atoms with Gasteiger partial charge in [-0.3, -0.25) is 0 Å². The van der Waals surface area contributed by atoms with Crippen LogP contribution in [0.4, 0.5) is 0 Å². The molecule has 0 fully saturated rings. The average molecular weight is 278 g/mol. The van der Waals surface area contributed by atoms with Gasteiger partial charge in [0.15, 0.2) is 11.5 Å². The van der Waals surface area contributed by atoms with Crippen LogP contribution in [0.15, 0.2) is 42.5 Å². The maximum Gasteiger partial charge on any atom is 0.161 e. The molecule has 2 rings (SSSR count). The lowest BCUT2D eigenvalue weighted by molar-refractivity contribution is 0.396. The number of rotatable bonds is 4. The lowest BCUT2D eigenvalue weighted by atomic mass is 10.1. The van der Waals surface area contributed by atoms with Gasteiger partial charge in [-0.25, -0.2) is 0 Å². The molecule has 4 heteroatoms. The van der Waals surface area contributed by atoms with Crippen molar-refractivity contribution in [3.63, 3.8) is 0 Å². The first-order valence-electron chi connectivity index (χ1n) is 6.06. The zero-order valence-corrected chi connectivity index (χ0v) is 11.4. The topological polar surface area (TPSA) is 52.5 Å². The highest BCUT2D eigenvalue weighted by molar-refractivity contribution is 6.30. The van der Waals surface area contributed by atoms with Crippen LogP contribution >= 0.6 is 11.6 Å². The molecule has 0 aliphatic carbocycles. The summed E-state index contributed by atoms with van der Waals surface area (Å²) in [5.74, 6) is -0.178. The molecule has 0 bridgehead atoms. The van der Waals surface area contributed by atoms with Crippen molar-refractivity contribution >= 4 is 11.6 Å². The van der Waals surface area contributed by atoms with E-state index < -0.39 is 0 Å². The van der Waals surface area contributed by atoms with Crippen molar-refractivity contribution in [2.45, 2.75) is 19.5 Å². The lowest BCUT2D eigenvalue weighted by Gasteiger charge is -2.15. The number of phenolic OH excluding ortho intramolecular Hbond substituents is 2. The molecule has 0 aliphatic heterocycles. The van der Waals surface area contributed by atoms with Gasteiger partial charge in [0.1, 0.15) is 0 Å². The van der Waals surface area contributed by atoms with Crippen LogP contribution in [0.1, 0.15) is 24.1 Å². The van der Waals surface area contributed by atoms with Crippen LogP contribution in [0.3, 0.4) is 0 Å². The number of hydrogen-bond donors (Lipinski definition) is 3. The molecule has 1 atom stereocenters. The molecule has 19 heavy (non-hydrogen) atoms. The summed E-state index contributed by atoms with van der Waals surface area (Å²) in [4.78, 5) is 0. The third-order valence-corrected chi connectivity index (χ3v) is 3.28. The van der Waals surface area contributed by atoms with Crippen molar-refractivity contribution in [1.82, 2.24) is 5.32 Å². The molecule has 2 aromatic carbocycles. The van der Waals surface area contributed by atoms with E-state index in [4.69, 9.17) is 11.6 Å². The minimum atomic E-state index is -0.102. The van der Waals surface area contributed by atoms with E-state index >= 15 is 0 Å². The number of phenols is 2. The largest absolute Gasteiger partial charge is 0.504 e. The molecule has 3 N–H and O–H groups in total. The predicted molar refractivity (Wildman–Crippen MR) is 76.5 cm³/mol. The Labute approximate surface area is 117 Å². The zero-order chi connectivity index (χ0) is 13.8. The monoisotopic (exact) mass is 277 g/mol. The molecule has 0 radical (unpaired) electrons. The van der Waals surface area contributed by atoms with E-state index in [2.05, 4.69) is 5.32 Å². The first kappa shape index (κ1) is 13.7. The maximum atomic E-state index is 9.71. The summed E-state index contributed by atoms with van der Waals surface area (Å²) in [5, 5.41) is 23.1. The van der Waals surface area contributed by atoms with E-state index in [0.717, 1.165) is 5.56 Å². The van der Waals surface area contributed by atoms with E-state index in [1.807, 2.05) is 31.2 Å². The second kappa shape index (κ2) is 5.95. The van der Waals surface area contributed by atoms with E-state index in [1.165, 1.54) is 6.07 Å². The molecule has 100 valence electrons. The van der Waals surface area contributed by atoms with E-state index in [9.17, 15) is 10.2 Å². The molecule has 0 saturated carbocycles. The Hall–Kier alpha value is -1.71. The van der Waals surface area contributed by atoms with Crippen LogP contribution in [-0.2, 0) is 6.54 Å². The fourth-order valence-electron chi connectivity index (χ4n) is 1.88. The third kappa shape index (κ3) is 3.40. The van der Waals surface area contributed by atoms with Crippen LogP contribution < -0.4 is 5.32 Å². The number of halogens is 1. The number of hydrogen-bond acceptors (Lipinski definition) is 3. The minimum Gasteiger partial charge on any atom is -0.504 e. The smallest absolute Gasteiger partial charge is 0.161 e. The van der Waals surface area contributed by atoms with Gasteiger partial charge in [-0.2, -0.15) is 0 Å². The Morgan fingerprint density at radius 3 is 2.63 bits per heavy atom. The highest BCUT2D eigenvalue weighted by Crippen LogP contribution is 2.28. The van der Waals surface area contributed by atoms with Gasteiger partial charge >= 0.3 is 0 Å². The molecule has 1 unspecified atom stereocenters. The van der Waals surface area contributed by atoms with Crippen LogP contribution in [0.2, 0.25) is 5.02 Å². The number of nitrogens with one attached hydrogen (secondary N) is 1. The van der Waals surface area contributed by atoms with Crippen molar-refractivity contribution in [2.75, 3.05) is 0 Å². The van der Waals surface area contributed by atoms with Gasteiger partial charge < -0.3 is 15.5 Å². The summed E-state index contributed by atoms with van der Waals surface area (Å²) < 4.78 is 0. The van der Waals surface area contributed by atoms with Gasteiger partial charge in [-0.1, -0.05) is 35.9 Å². The van der Waals surface area contributed by atoms with Gasteiger partial charge in [-0.15, -0.1) is 0 Å². The molecular weight excluding hydrogens is 262 g/mol. The molecule has 0 aliphatic rings. The van der Waals surface area contributed by atoms with E-state index in [1.54, 1.807) is 12.1 Å². The second-order valence-corrected chi connectivity index (χ2v) is 4.88. The average Bonchev–Trinajstić information content (AvgIpc) is 2.40. The van der Waals surface area contributed by atoms with Gasteiger partial charge in [0.2, 0.25) is 0 Å². The minimum absolute atomic E-state index is 0.0757. The zero-order valence-electron chi connectivity index (χ0n) is 10.6. The Kier molecular flexibility index (Phi) is 4.30. The van der Waals surface area contributed by atoms with Crippen molar-refractivity contribution in [1.29, 1.82) is 0 Å². The summed E-state index contributed by atoms with van der Waals surface area (Å²) >= 11 is 5.95. The van der Waals surface area contributed by atoms with E-state index in [0.29, 0.717) is 17.1 Å². The first-order valence-corrected chi connectivity index (χ1v) is 6.44.